The lowest BCUT2D eigenvalue weighted by molar-refractivity contribution is 0.183. The first-order valence-electron chi connectivity index (χ1n) is 14.1. The molecule has 0 aliphatic heterocycles. The van der Waals surface area contributed by atoms with Crippen molar-refractivity contribution in [2.75, 3.05) is 26.6 Å². The largest absolute Gasteiger partial charge is 0.490 e. The number of aliphatic imine (C=N–C) groups is 2. The number of hydrogen-bond donors (Lipinski definition) is 0. The van der Waals surface area contributed by atoms with Crippen molar-refractivity contribution in [1.82, 2.24) is 10.1 Å². The predicted molar refractivity (Wildman–Crippen MR) is 173 cm³/mol. The molecule has 232 valence electrons. The minimum absolute atomic E-state index is 0.104. The molecule has 0 saturated carbocycles. The van der Waals surface area contributed by atoms with Gasteiger partial charge in [0.1, 0.15) is 10.8 Å². The van der Waals surface area contributed by atoms with Gasteiger partial charge < -0.3 is 18.4 Å². The lowest BCUT2D eigenvalue weighted by Crippen LogP contribution is -2.41. The summed E-state index contributed by atoms with van der Waals surface area (Å²) in [6.07, 6.45) is 2.17. The lowest BCUT2D eigenvalue weighted by atomic mass is 10.0. The molecular formula is C31H41FN4O5SSi. The predicted octanol–water partition coefficient (Wildman–Crippen LogP) is 8.19. The Kier molecular flexibility index (Phi) is 11.8. The Hall–Kier alpha value is -3.35. The van der Waals surface area contributed by atoms with Crippen LogP contribution in [0.4, 0.5) is 14.9 Å². The van der Waals surface area contributed by atoms with E-state index in [0.29, 0.717) is 36.9 Å². The number of aromatic nitrogens is 2. The Morgan fingerprint density at radius 3 is 2.40 bits per heavy atom. The zero-order chi connectivity index (χ0) is 31.8. The number of nitrogens with zero attached hydrogens (tertiary/aromatic N) is 4. The van der Waals surface area contributed by atoms with Crippen molar-refractivity contribution in [3.63, 3.8) is 0 Å². The van der Waals surface area contributed by atoms with Crippen LogP contribution in [0.2, 0.25) is 18.1 Å². The van der Waals surface area contributed by atoms with Gasteiger partial charge in [-0.3, -0.25) is 0 Å². The molecule has 1 aromatic heterocycles. The van der Waals surface area contributed by atoms with Crippen molar-refractivity contribution >= 4 is 42.6 Å². The highest BCUT2D eigenvalue weighted by Crippen LogP contribution is 2.36. The molecule has 0 saturated heterocycles. The number of methoxy groups -OCH3 is 1. The van der Waals surface area contributed by atoms with Gasteiger partial charge in [-0.1, -0.05) is 32.9 Å². The maximum absolute atomic E-state index is 16.2. The molecule has 12 heteroatoms. The van der Waals surface area contributed by atoms with E-state index in [1.165, 1.54) is 7.11 Å². The van der Waals surface area contributed by atoms with Crippen molar-refractivity contribution in [3.8, 4) is 17.1 Å². The van der Waals surface area contributed by atoms with E-state index in [1.807, 2.05) is 6.92 Å². The van der Waals surface area contributed by atoms with Crippen LogP contribution in [0.1, 0.15) is 51.1 Å². The summed E-state index contributed by atoms with van der Waals surface area (Å²) < 4.78 is 38.2. The molecule has 2 aromatic carbocycles. The number of hydrogen-bond acceptors (Lipinski definition) is 9. The first-order valence-corrected chi connectivity index (χ1v) is 18.2. The number of ether oxygens (including phenoxy) is 2. The van der Waals surface area contributed by atoms with Crippen LogP contribution in [0.15, 0.2) is 50.9 Å². The van der Waals surface area contributed by atoms with E-state index in [0.717, 1.165) is 22.9 Å². The summed E-state index contributed by atoms with van der Waals surface area (Å²) in [5.74, 6) is 0.418. The van der Waals surface area contributed by atoms with Crippen LogP contribution < -0.4 is 4.74 Å². The third-order valence-corrected chi connectivity index (χ3v) is 12.4. The first kappa shape index (κ1) is 34.1. The normalized spacial score (nSPS) is 12.9. The van der Waals surface area contributed by atoms with Crippen molar-refractivity contribution in [3.05, 3.63) is 59.2 Å². The minimum Gasteiger partial charge on any atom is -0.490 e. The number of thioether (sulfide) groups is 1. The molecule has 0 bridgehead atoms. The van der Waals surface area contributed by atoms with Crippen LogP contribution >= 0.6 is 11.8 Å². The van der Waals surface area contributed by atoms with E-state index < -0.39 is 20.2 Å². The molecule has 0 unspecified atom stereocenters. The Balaban J connectivity index is 1.97. The number of aryl methyl sites for hydroxylation is 2. The molecule has 43 heavy (non-hydrogen) atoms. The SMILES string of the molecule is CCc1cc(OCCCO[Si](C)(C)C(C)(C)C)c(F)c(C(=N/c2ccc(-c3noc(C)n3)cc2)/C(=N/C(=O)OC)SC)c1. The van der Waals surface area contributed by atoms with Crippen LogP contribution in [0.5, 0.6) is 5.75 Å². The fourth-order valence-corrected chi connectivity index (χ4v) is 5.30. The maximum Gasteiger partial charge on any atom is 0.434 e. The zero-order valence-corrected chi connectivity index (χ0v) is 28.2. The smallest absolute Gasteiger partial charge is 0.434 e. The van der Waals surface area contributed by atoms with Gasteiger partial charge in [-0.15, -0.1) is 11.8 Å². The summed E-state index contributed by atoms with van der Waals surface area (Å²) in [5, 5.41) is 4.25. The van der Waals surface area contributed by atoms with Crippen molar-refractivity contribution in [1.29, 1.82) is 0 Å². The van der Waals surface area contributed by atoms with Crippen LogP contribution in [0, 0.1) is 12.7 Å². The summed E-state index contributed by atoms with van der Waals surface area (Å²) in [6, 6.07) is 10.5. The number of halogens is 1. The van der Waals surface area contributed by atoms with Gasteiger partial charge in [-0.25, -0.2) is 14.2 Å². The fourth-order valence-electron chi connectivity index (χ4n) is 3.70. The second kappa shape index (κ2) is 14.9. The number of amides is 1. The number of carbonyl (C=O) groups excluding carboxylic acids is 1. The summed E-state index contributed by atoms with van der Waals surface area (Å²) in [7, 11) is -0.653. The topological polar surface area (TPSA) is 108 Å². The van der Waals surface area contributed by atoms with Crippen molar-refractivity contribution < 1.29 is 27.6 Å². The fraction of sp³-hybridized carbons (Fsp3) is 0.452. The molecule has 0 N–H and O–H groups in total. The molecule has 1 heterocycles. The van der Waals surface area contributed by atoms with E-state index >= 15 is 4.39 Å². The van der Waals surface area contributed by atoms with Gasteiger partial charge in [0, 0.05) is 31.1 Å². The summed E-state index contributed by atoms with van der Waals surface area (Å²) in [4.78, 5) is 25.2. The second-order valence-electron chi connectivity index (χ2n) is 11.4. The third-order valence-electron chi connectivity index (χ3n) is 7.24. The molecule has 3 aromatic rings. The molecule has 0 spiro atoms. The van der Waals surface area contributed by atoms with Gasteiger partial charge in [-0.2, -0.15) is 9.98 Å². The molecule has 1 amide bonds. The Morgan fingerprint density at radius 1 is 1.14 bits per heavy atom. The summed E-state index contributed by atoms with van der Waals surface area (Å²) in [6.45, 7) is 15.5. The van der Waals surface area contributed by atoms with Gasteiger partial charge in [0.15, 0.2) is 19.9 Å². The second-order valence-corrected chi connectivity index (χ2v) is 17.0. The summed E-state index contributed by atoms with van der Waals surface area (Å²) >= 11 is 1.16. The van der Waals surface area contributed by atoms with Gasteiger partial charge in [0.25, 0.3) is 0 Å². The van der Waals surface area contributed by atoms with E-state index in [9.17, 15) is 4.79 Å². The average Bonchev–Trinajstić information content (AvgIpc) is 3.41. The van der Waals surface area contributed by atoms with Gasteiger partial charge in [0.2, 0.25) is 11.7 Å². The van der Waals surface area contributed by atoms with Crippen molar-refractivity contribution in [2.45, 2.75) is 65.6 Å². The van der Waals surface area contributed by atoms with E-state index in [-0.39, 0.29) is 33.7 Å². The average molecular weight is 629 g/mol. The third kappa shape index (κ3) is 9.07. The van der Waals surface area contributed by atoms with E-state index in [1.54, 1.807) is 49.6 Å². The van der Waals surface area contributed by atoms with Crippen molar-refractivity contribution in [2.24, 2.45) is 9.98 Å². The number of rotatable bonds is 11. The zero-order valence-electron chi connectivity index (χ0n) is 26.4. The minimum atomic E-state index is -1.89. The highest BCUT2D eigenvalue weighted by Gasteiger charge is 2.36. The van der Waals surface area contributed by atoms with Gasteiger partial charge in [0.05, 0.1) is 19.4 Å². The molecule has 9 nitrogen and oxygen atoms in total. The molecular weight excluding hydrogens is 588 g/mol. The quantitative estimate of drug-likeness (QED) is 0.0905. The molecule has 3 rings (SSSR count). The lowest BCUT2D eigenvalue weighted by Gasteiger charge is -2.36. The Bertz CT molecular complexity index is 1470. The van der Waals surface area contributed by atoms with Gasteiger partial charge in [-0.05, 0) is 72.8 Å². The van der Waals surface area contributed by atoms with Crippen LogP contribution in [0.3, 0.4) is 0 Å². The molecule has 0 aliphatic rings. The maximum atomic E-state index is 16.2. The highest BCUT2D eigenvalue weighted by molar-refractivity contribution is 8.15. The standard InChI is InChI=1S/C31H41FN4O5SSi/c1-10-21-18-24(26(32)25(19-21)39-16-11-17-40-43(8,9)31(3,4)5)27(29(42-7)35-30(37)38-6)34-23-14-12-22(13-15-23)28-33-20(2)41-36-28/h12-15,18-19H,10-11,16-17H2,1-9H3/b34-27-,35-29-. The van der Waals surface area contributed by atoms with Crippen LogP contribution in [-0.4, -0.2) is 61.9 Å². The Labute approximate surface area is 258 Å². The number of benzene rings is 2. The molecule has 0 atom stereocenters. The van der Waals surface area contributed by atoms with Crippen LogP contribution in [-0.2, 0) is 15.6 Å². The number of carbonyl (C=O) groups is 1. The molecule has 0 aliphatic carbocycles. The summed E-state index contributed by atoms with van der Waals surface area (Å²) in [5.41, 5.74) is 2.44. The monoisotopic (exact) mass is 628 g/mol. The first-order chi connectivity index (χ1) is 20.3. The molecule has 0 radical (unpaired) electrons. The Morgan fingerprint density at radius 2 is 1.84 bits per heavy atom. The molecule has 0 fully saturated rings. The van der Waals surface area contributed by atoms with E-state index in [4.69, 9.17) is 23.4 Å². The van der Waals surface area contributed by atoms with E-state index in [2.05, 4.69) is 49.0 Å². The van der Waals surface area contributed by atoms with Crippen LogP contribution in [0.25, 0.3) is 11.4 Å². The van der Waals surface area contributed by atoms with Gasteiger partial charge >= 0.3 is 6.09 Å². The highest BCUT2D eigenvalue weighted by atomic mass is 32.2.